The number of halogens is 1. The van der Waals surface area contributed by atoms with Crippen molar-refractivity contribution in [1.82, 2.24) is 0 Å². The molecule has 2 aromatic carbocycles. The zero-order chi connectivity index (χ0) is 22.4. The summed E-state index contributed by atoms with van der Waals surface area (Å²) in [7, 11) is 1.37. The predicted octanol–water partition coefficient (Wildman–Crippen LogP) is 5.28. The van der Waals surface area contributed by atoms with Gasteiger partial charge < -0.3 is 9.64 Å². The Morgan fingerprint density at radius 2 is 1.87 bits per heavy atom. The maximum absolute atomic E-state index is 13.7. The normalized spacial score (nSPS) is 16.0. The summed E-state index contributed by atoms with van der Waals surface area (Å²) < 4.78 is 4.76. The molecular formula is C25H29ClN2O3. The molecule has 1 aliphatic heterocycles. The quantitative estimate of drug-likeness (QED) is 0.524. The fourth-order valence-electron chi connectivity index (χ4n) is 4.06. The minimum Gasteiger partial charge on any atom is -0.469 e. The topological polar surface area (TPSA) is 59.0 Å². The number of amides is 1. The van der Waals surface area contributed by atoms with Gasteiger partial charge in [0.1, 0.15) is 6.04 Å². The molecule has 1 atom stereocenters. The highest BCUT2D eigenvalue weighted by Crippen LogP contribution is 2.33. The number of anilines is 1. The number of carbonyl (C=O) groups is 2. The summed E-state index contributed by atoms with van der Waals surface area (Å²) in [5.74, 6) is -0.191. The molecule has 0 aromatic heterocycles. The van der Waals surface area contributed by atoms with E-state index in [1.54, 1.807) is 11.0 Å². The van der Waals surface area contributed by atoms with E-state index in [1.165, 1.54) is 7.11 Å². The number of esters is 1. The van der Waals surface area contributed by atoms with Crippen molar-refractivity contribution in [3.05, 3.63) is 64.7 Å². The standard InChI is InChI=1S/C25H29ClN2O3/c1-4-17(5-2)24-25(30)28(15-9-12-22(29)31-3)21-14-13-19(26)16-20(21)23(27-24)18-10-7-6-8-11-18/h6-8,10-11,13-14,16-17,24H,4-5,9,12,15H2,1-3H3. The van der Waals surface area contributed by atoms with E-state index in [1.807, 2.05) is 42.5 Å². The van der Waals surface area contributed by atoms with Crippen molar-refractivity contribution >= 4 is 34.9 Å². The van der Waals surface area contributed by atoms with Crippen LogP contribution < -0.4 is 4.90 Å². The molecule has 0 radical (unpaired) electrons. The summed E-state index contributed by atoms with van der Waals surface area (Å²) in [6.45, 7) is 4.60. The van der Waals surface area contributed by atoms with Crippen LogP contribution in [0, 0.1) is 5.92 Å². The first-order valence-electron chi connectivity index (χ1n) is 10.8. The second-order valence-electron chi connectivity index (χ2n) is 7.70. The molecule has 3 rings (SSSR count). The molecule has 0 aliphatic carbocycles. The van der Waals surface area contributed by atoms with E-state index < -0.39 is 6.04 Å². The second-order valence-corrected chi connectivity index (χ2v) is 8.13. The third-order valence-electron chi connectivity index (χ3n) is 5.82. The highest BCUT2D eigenvalue weighted by molar-refractivity contribution is 6.32. The third-order valence-corrected chi connectivity index (χ3v) is 6.06. The highest BCUT2D eigenvalue weighted by atomic mass is 35.5. The first-order chi connectivity index (χ1) is 15.0. The molecular weight excluding hydrogens is 412 g/mol. The first kappa shape index (κ1) is 23.0. The maximum atomic E-state index is 13.7. The SMILES string of the molecule is CCC(CC)C1N=C(c2ccccc2)c2cc(Cl)ccc2N(CCCC(=O)OC)C1=O. The molecule has 5 nitrogen and oxygen atoms in total. The van der Waals surface area contributed by atoms with Gasteiger partial charge in [0.25, 0.3) is 5.91 Å². The lowest BCUT2D eigenvalue weighted by molar-refractivity contribution is -0.140. The van der Waals surface area contributed by atoms with Crippen LogP contribution in [0.1, 0.15) is 50.7 Å². The van der Waals surface area contributed by atoms with Crippen molar-refractivity contribution in [3.63, 3.8) is 0 Å². The fraction of sp³-hybridized carbons (Fsp3) is 0.400. The van der Waals surface area contributed by atoms with E-state index >= 15 is 0 Å². The molecule has 0 saturated heterocycles. The summed E-state index contributed by atoms with van der Waals surface area (Å²) in [5.41, 5.74) is 3.33. The van der Waals surface area contributed by atoms with Gasteiger partial charge in [0.15, 0.2) is 0 Å². The lowest BCUT2D eigenvalue weighted by Crippen LogP contribution is -2.42. The van der Waals surface area contributed by atoms with Crippen LogP contribution in [-0.4, -0.2) is 37.3 Å². The van der Waals surface area contributed by atoms with Gasteiger partial charge in [0.05, 0.1) is 18.5 Å². The Labute approximate surface area is 189 Å². The Kier molecular flexibility index (Phi) is 7.85. The van der Waals surface area contributed by atoms with Gasteiger partial charge in [-0.25, -0.2) is 0 Å². The molecule has 1 heterocycles. The van der Waals surface area contributed by atoms with E-state index in [9.17, 15) is 9.59 Å². The van der Waals surface area contributed by atoms with Crippen LogP contribution in [0.3, 0.4) is 0 Å². The number of methoxy groups -OCH3 is 1. The minimum atomic E-state index is -0.491. The van der Waals surface area contributed by atoms with Crippen LogP contribution in [0.25, 0.3) is 0 Å². The molecule has 0 spiro atoms. The Morgan fingerprint density at radius 1 is 1.16 bits per heavy atom. The third kappa shape index (κ3) is 5.16. The van der Waals surface area contributed by atoms with E-state index in [0.717, 1.165) is 35.4 Å². The fourth-order valence-corrected chi connectivity index (χ4v) is 4.23. The molecule has 2 aromatic rings. The number of fused-ring (bicyclic) bond motifs is 1. The van der Waals surface area contributed by atoms with Crippen molar-refractivity contribution in [2.75, 3.05) is 18.6 Å². The Morgan fingerprint density at radius 3 is 2.52 bits per heavy atom. The number of aliphatic imine (C=N–C) groups is 1. The van der Waals surface area contributed by atoms with Gasteiger partial charge in [-0.1, -0.05) is 68.6 Å². The average molecular weight is 441 g/mol. The zero-order valence-electron chi connectivity index (χ0n) is 18.3. The van der Waals surface area contributed by atoms with E-state index in [-0.39, 0.29) is 24.2 Å². The van der Waals surface area contributed by atoms with E-state index in [2.05, 4.69) is 13.8 Å². The van der Waals surface area contributed by atoms with Gasteiger partial charge >= 0.3 is 5.97 Å². The molecule has 31 heavy (non-hydrogen) atoms. The molecule has 0 saturated carbocycles. The van der Waals surface area contributed by atoms with Crippen molar-refractivity contribution in [1.29, 1.82) is 0 Å². The lowest BCUT2D eigenvalue weighted by Gasteiger charge is -2.28. The van der Waals surface area contributed by atoms with Crippen LogP contribution in [0.5, 0.6) is 0 Å². The molecule has 1 amide bonds. The van der Waals surface area contributed by atoms with Crippen LogP contribution in [0.4, 0.5) is 5.69 Å². The van der Waals surface area contributed by atoms with Crippen LogP contribution in [-0.2, 0) is 14.3 Å². The predicted molar refractivity (Wildman–Crippen MR) is 125 cm³/mol. The monoisotopic (exact) mass is 440 g/mol. The van der Waals surface area contributed by atoms with Crippen LogP contribution in [0.15, 0.2) is 53.5 Å². The summed E-state index contributed by atoms with van der Waals surface area (Å²) in [6.07, 6.45) is 2.47. The molecule has 0 fully saturated rings. The lowest BCUT2D eigenvalue weighted by atomic mass is 9.93. The van der Waals surface area contributed by atoms with Gasteiger partial charge in [-0.2, -0.15) is 0 Å². The van der Waals surface area contributed by atoms with Gasteiger partial charge in [-0.3, -0.25) is 14.6 Å². The average Bonchev–Trinajstić information content (AvgIpc) is 2.90. The summed E-state index contributed by atoms with van der Waals surface area (Å²) in [5, 5.41) is 0.588. The molecule has 1 unspecified atom stereocenters. The number of benzodiazepines with no additional fused rings is 1. The van der Waals surface area contributed by atoms with Gasteiger partial charge in [-0.15, -0.1) is 0 Å². The van der Waals surface area contributed by atoms with Crippen molar-refractivity contribution in [2.45, 2.75) is 45.6 Å². The molecule has 0 N–H and O–H groups in total. The smallest absolute Gasteiger partial charge is 0.305 e. The summed E-state index contributed by atoms with van der Waals surface area (Å²) in [6, 6.07) is 15.0. The van der Waals surface area contributed by atoms with Crippen molar-refractivity contribution in [3.8, 4) is 0 Å². The number of nitrogens with zero attached hydrogens (tertiary/aromatic N) is 2. The largest absolute Gasteiger partial charge is 0.469 e. The Hall–Kier alpha value is -2.66. The number of hydrogen-bond donors (Lipinski definition) is 0. The number of ether oxygens (including phenoxy) is 1. The molecule has 6 heteroatoms. The second kappa shape index (κ2) is 10.6. The Bertz CT molecular complexity index is 954. The Balaban J connectivity index is 2.13. The number of benzene rings is 2. The molecule has 164 valence electrons. The van der Waals surface area contributed by atoms with Crippen LogP contribution >= 0.6 is 11.6 Å². The van der Waals surface area contributed by atoms with Crippen LogP contribution in [0.2, 0.25) is 5.02 Å². The maximum Gasteiger partial charge on any atom is 0.305 e. The van der Waals surface area contributed by atoms with Crippen molar-refractivity contribution in [2.24, 2.45) is 10.9 Å². The number of carbonyl (C=O) groups excluding carboxylic acids is 2. The highest BCUT2D eigenvalue weighted by Gasteiger charge is 2.35. The van der Waals surface area contributed by atoms with Crippen molar-refractivity contribution < 1.29 is 14.3 Å². The van der Waals surface area contributed by atoms with Gasteiger partial charge in [0.2, 0.25) is 0 Å². The molecule has 1 aliphatic rings. The van der Waals surface area contributed by atoms with Gasteiger partial charge in [-0.05, 0) is 30.5 Å². The first-order valence-corrected chi connectivity index (χ1v) is 11.2. The van der Waals surface area contributed by atoms with Gasteiger partial charge in [0, 0.05) is 29.1 Å². The number of rotatable bonds is 8. The van der Waals surface area contributed by atoms with E-state index in [4.69, 9.17) is 21.3 Å². The zero-order valence-corrected chi connectivity index (χ0v) is 19.1. The number of hydrogen-bond acceptors (Lipinski definition) is 4. The summed E-state index contributed by atoms with van der Waals surface area (Å²) >= 11 is 6.37. The van der Waals surface area contributed by atoms with E-state index in [0.29, 0.717) is 18.0 Å². The minimum absolute atomic E-state index is 0.0342. The molecule has 0 bridgehead atoms. The summed E-state index contributed by atoms with van der Waals surface area (Å²) in [4.78, 5) is 32.2.